The molecule has 0 aromatic heterocycles. The first-order valence-corrected chi connectivity index (χ1v) is 7.41. The van der Waals surface area contributed by atoms with E-state index in [1.54, 1.807) is 17.8 Å². The normalized spacial score (nSPS) is 18.2. The van der Waals surface area contributed by atoms with Gasteiger partial charge in [-0.3, -0.25) is 4.99 Å². The molecule has 0 saturated heterocycles. The third kappa shape index (κ3) is 3.91. The zero-order valence-corrected chi connectivity index (χ0v) is 12.2. The first-order chi connectivity index (χ1) is 9.94. The lowest BCUT2D eigenvalue weighted by Gasteiger charge is -2.12. The second kappa shape index (κ2) is 6.39. The Hall–Kier alpha value is -1.68. The number of rotatable bonds is 3. The Balaban J connectivity index is 2.14. The first kappa shape index (κ1) is 15.7. The van der Waals surface area contributed by atoms with E-state index in [2.05, 4.69) is 17.2 Å². The number of hydrogen-bond donors (Lipinski definition) is 1. The summed E-state index contributed by atoms with van der Waals surface area (Å²) in [5.41, 5.74) is -1.01. The highest BCUT2D eigenvalue weighted by Gasteiger charge is 2.34. The number of benzene rings is 1. The second-order valence-electron chi connectivity index (χ2n) is 4.67. The summed E-state index contributed by atoms with van der Waals surface area (Å²) in [4.78, 5) is 4.29. The van der Waals surface area contributed by atoms with Crippen LogP contribution in [0.1, 0.15) is 30.9 Å². The van der Waals surface area contributed by atoms with Gasteiger partial charge in [0, 0.05) is 10.9 Å². The summed E-state index contributed by atoms with van der Waals surface area (Å²) in [6, 6.07) is 5.15. The summed E-state index contributed by atoms with van der Waals surface area (Å²) in [6.07, 6.45) is -2.46. The maximum atomic E-state index is 12.9. The van der Waals surface area contributed by atoms with Crippen molar-refractivity contribution in [1.82, 2.24) is 0 Å². The maximum absolute atomic E-state index is 12.9. The number of aliphatic imine (C=N–C) groups is 1. The van der Waals surface area contributed by atoms with Gasteiger partial charge in [0.1, 0.15) is 0 Å². The molecular weight excluding hydrogens is 299 g/mol. The summed E-state index contributed by atoms with van der Waals surface area (Å²) < 4.78 is 38.6. The van der Waals surface area contributed by atoms with E-state index < -0.39 is 11.7 Å². The van der Waals surface area contributed by atoms with Crippen LogP contribution in [0.15, 0.2) is 23.2 Å². The van der Waals surface area contributed by atoms with Crippen LogP contribution < -0.4 is 5.32 Å². The predicted molar refractivity (Wildman–Crippen MR) is 78.4 cm³/mol. The molecule has 0 amide bonds. The number of nitriles is 1. The van der Waals surface area contributed by atoms with E-state index >= 15 is 0 Å². The summed E-state index contributed by atoms with van der Waals surface area (Å²) in [7, 11) is 0. The Morgan fingerprint density at radius 2 is 2.24 bits per heavy atom. The average molecular weight is 313 g/mol. The van der Waals surface area contributed by atoms with Crippen LogP contribution in [-0.4, -0.2) is 17.0 Å². The van der Waals surface area contributed by atoms with Crippen molar-refractivity contribution in [3.8, 4) is 6.07 Å². The molecule has 0 aliphatic carbocycles. The lowest BCUT2D eigenvalue weighted by Crippen LogP contribution is -2.11. The van der Waals surface area contributed by atoms with Crippen LogP contribution in [-0.2, 0) is 6.18 Å². The van der Waals surface area contributed by atoms with Crippen molar-refractivity contribution in [1.29, 1.82) is 5.26 Å². The Labute approximate surface area is 125 Å². The van der Waals surface area contributed by atoms with Gasteiger partial charge in [-0.1, -0.05) is 25.1 Å². The van der Waals surface area contributed by atoms with E-state index in [0.717, 1.165) is 18.9 Å². The summed E-state index contributed by atoms with van der Waals surface area (Å²) >= 11 is 1.55. The highest BCUT2D eigenvalue weighted by Crippen LogP contribution is 2.34. The fraction of sp³-hybridized carbons (Fsp3) is 0.429. The van der Waals surface area contributed by atoms with E-state index in [1.165, 1.54) is 12.1 Å². The number of alkyl halides is 3. The molecule has 1 aliphatic heterocycles. The van der Waals surface area contributed by atoms with Crippen LogP contribution in [0.3, 0.4) is 0 Å². The number of amidine groups is 1. The van der Waals surface area contributed by atoms with E-state index in [-0.39, 0.29) is 5.56 Å². The second-order valence-corrected chi connectivity index (χ2v) is 5.96. The fourth-order valence-corrected chi connectivity index (χ4v) is 3.18. The molecule has 1 unspecified atom stereocenters. The molecule has 0 spiro atoms. The maximum Gasteiger partial charge on any atom is 0.417 e. The molecule has 1 atom stereocenters. The van der Waals surface area contributed by atoms with Crippen LogP contribution in [0.5, 0.6) is 0 Å². The highest BCUT2D eigenvalue weighted by atomic mass is 32.2. The monoisotopic (exact) mass is 313 g/mol. The van der Waals surface area contributed by atoms with E-state index in [9.17, 15) is 13.2 Å². The molecule has 0 bridgehead atoms. The van der Waals surface area contributed by atoms with Crippen molar-refractivity contribution >= 4 is 22.6 Å². The topological polar surface area (TPSA) is 48.2 Å². The van der Waals surface area contributed by atoms with Gasteiger partial charge in [-0.15, -0.1) is 0 Å². The van der Waals surface area contributed by atoms with Gasteiger partial charge in [-0.05, 0) is 24.6 Å². The summed E-state index contributed by atoms with van der Waals surface area (Å²) in [5, 5.41) is 12.7. The first-order valence-electron chi connectivity index (χ1n) is 6.53. The van der Waals surface area contributed by atoms with Gasteiger partial charge in [0.05, 0.1) is 23.7 Å². The van der Waals surface area contributed by atoms with Gasteiger partial charge >= 0.3 is 6.18 Å². The SMILES string of the molecule is CCCC1CN=C(Nc2ccc(C#N)c(C(F)(F)F)c2)S1. The average Bonchev–Trinajstić information content (AvgIpc) is 2.85. The fourth-order valence-electron chi connectivity index (χ4n) is 2.04. The van der Waals surface area contributed by atoms with Crippen LogP contribution in [0.4, 0.5) is 18.9 Å². The molecular formula is C14H14F3N3S. The lowest BCUT2D eigenvalue weighted by molar-refractivity contribution is -0.137. The van der Waals surface area contributed by atoms with Crippen molar-refractivity contribution in [2.45, 2.75) is 31.2 Å². The minimum Gasteiger partial charge on any atom is -0.335 e. The van der Waals surface area contributed by atoms with E-state index in [0.29, 0.717) is 22.6 Å². The summed E-state index contributed by atoms with van der Waals surface area (Å²) in [5.74, 6) is 0. The highest BCUT2D eigenvalue weighted by molar-refractivity contribution is 8.15. The molecule has 1 aromatic carbocycles. The van der Waals surface area contributed by atoms with Crippen LogP contribution in [0.2, 0.25) is 0 Å². The number of anilines is 1. The predicted octanol–water partition coefficient (Wildman–Crippen LogP) is 4.26. The van der Waals surface area contributed by atoms with Crippen molar-refractivity contribution < 1.29 is 13.2 Å². The van der Waals surface area contributed by atoms with Crippen LogP contribution in [0, 0.1) is 11.3 Å². The van der Waals surface area contributed by atoms with Gasteiger partial charge in [-0.25, -0.2) is 0 Å². The van der Waals surface area contributed by atoms with Gasteiger partial charge < -0.3 is 5.32 Å². The Morgan fingerprint density at radius 1 is 1.48 bits per heavy atom. The molecule has 1 aromatic rings. The largest absolute Gasteiger partial charge is 0.417 e. The molecule has 1 aliphatic rings. The molecule has 0 fully saturated rings. The molecule has 7 heteroatoms. The number of nitrogens with zero attached hydrogens (tertiary/aromatic N) is 2. The van der Waals surface area contributed by atoms with Gasteiger partial charge in [0.2, 0.25) is 0 Å². The zero-order chi connectivity index (χ0) is 15.5. The lowest BCUT2D eigenvalue weighted by atomic mass is 10.1. The number of halogens is 3. The molecule has 1 N–H and O–H groups in total. The van der Waals surface area contributed by atoms with Crippen molar-refractivity contribution in [2.24, 2.45) is 4.99 Å². The summed E-state index contributed by atoms with van der Waals surface area (Å²) in [6.45, 7) is 2.77. The van der Waals surface area contributed by atoms with Gasteiger partial charge in [0.15, 0.2) is 5.17 Å². The van der Waals surface area contributed by atoms with Gasteiger partial charge in [0.25, 0.3) is 0 Å². The van der Waals surface area contributed by atoms with Crippen LogP contribution >= 0.6 is 11.8 Å². The standard InChI is InChI=1S/C14H14F3N3S/c1-2-3-11-8-19-13(21-11)20-10-5-4-9(7-18)12(6-10)14(15,16)17/h4-6,11H,2-3,8H2,1H3,(H,19,20). The van der Waals surface area contributed by atoms with Crippen molar-refractivity contribution in [2.75, 3.05) is 11.9 Å². The molecule has 21 heavy (non-hydrogen) atoms. The quantitative estimate of drug-likeness (QED) is 0.907. The van der Waals surface area contributed by atoms with Crippen LogP contribution in [0.25, 0.3) is 0 Å². The van der Waals surface area contributed by atoms with E-state index in [1.807, 2.05) is 0 Å². The molecule has 0 saturated carbocycles. The van der Waals surface area contributed by atoms with E-state index in [4.69, 9.17) is 5.26 Å². The zero-order valence-electron chi connectivity index (χ0n) is 11.4. The Bertz CT molecular complexity index is 590. The number of nitrogens with one attached hydrogen (secondary N) is 1. The molecule has 3 nitrogen and oxygen atoms in total. The molecule has 2 rings (SSSR count). The molecule has 0 radical (unpaired) electrons. The third-order valence-corrected chi connectivity index (χ3v) is 4.20. The third-order valence-electron chi connectivity index (χ3n) is 3.02. The number of thioether (sulfide) groups is 1. The Kier molecular flexibility index (Phi) is 4.78. The minimum atomic E-state index is -4.54. The number of hydrogen-bond acceptors (Lipinski definition) is 4. The van der Waals surface area contributed by atoms with Gasteiger partial charge in [-0.2, -0.15) is 18.4 Å². The molecule has 1 heterocycles. The molecule has 112 valence electrons. The Morgan fingerprint density at radius 3 is 2.86 bits per heavy atom. The van der Waals surface area contributed by atoms with Crippen molar-refractivity contribution in [3.05, 3.63) is 29.3 Å². The minimum absolute atomic E-state index is 0.296. The smallest absolute Gasteiger partial charge is 0.335 e. The van der Waals surface area contributed by atoms with Crippen molar-refractivity contribution in [3.63, 3.8) is 0 Å².